The highest BCUT2D eigenvalue weighted by Gasteiger charge is 2.13. The smallest absolute Gasteiger partial charge is 0.0807 e. The van der Waals surface area contributed by atoms with E-state index in [4.69, 9.17) is 0 Å². The van der Waals surface area contributed by atoms with Crippen LogP contribution in [0, 0.1) is 20.8 Å². The van der Waals surface area contributed by atoms with Gasteiger partial charge in [-0.25, -0.2) is 0 Å². The van der Waals surface area contributed by atoms with Crippen LogP contribution in [0.25, 0.3) is 0 Å². The Kier molecular flexibility index (Phi) is 5.16. The highest BCUT2D eigenvalue weighted by Crippen LogP contribution is 2.25. The lowest BCUT2D eigenvalue weighted by Gasteiger charge is -2.18. The topological polar surface area (TPSA) is 32.3 Å². The van der Waals surface area contributed by atoms with Crippen molar-refractivity contribution in [3.8, 4) is 0 Å². The molecular formula is C15H25NO. The summed E-state index contributed by atoms with van der Waals surface area (Å²) in [4.78, 5) is 0. The summed E-state index contributed by atoms with van der Waals surface area (Å²) in [5.74, 6) is 0. The molecule has 0 saturated heterocycles. The summed E-state index contributed by atoms with van der Waals surface area (Å²) >= 11 is 0. The van der Waals surface area contributed by atoms with E-state index < -0.39 is 0 Å². The zero-order chi connectivity index (χ0) is 13.0. The van der Waals surface area contributed by atoms with Crippen LogP contribution in [0.4, 0.5) is 0 Å². The Morgan fingerprint density at radius 3 is 2.12 bits per heavy atom. The number of rotatable bonds is 5. The van der Waals surface area contributed by atoms with Gasteiger partial charge >= 0.3 is 0 Å². The minimum atomic E-state index is -0.359. The predicted molar refractivity (Wildman–Crippen MR) is 73.4 cm³/mol. The first-order chi connectivity index (χ1) is 7.91. The van der Waals surface area contributed by atoms with Crippen LogP contribution < -0.4 is 5.32 Å². The van der Waals surface area contributed by atoms with Crippen LogP contribution in [0.15, 0.2) is 12.1 Å². The molecule has 17 heavy (non-hydrogen) atoms. The van der Waals surface area contributed by atoms with Crippen molar-refractivity contribution in [3.05, 3.63) is 34.4 Å². The van der Waals surface area contributed by atoms with Crippen LogP contribution in [0.3, 0.4) is 0 Å². The third kappa shape index (κ3) is 4.14. The molecule has 0 spiro atoms. The van der Waals surface area contributed by atoms with Crippen molar-refractivity contribution in [3.63, 3.8) is 0 Å². The molecule has 0 aliphatic heterocycles. The van der Waals surface area contributed by atoms with Gasteiger partial charge in [0.25, 0.3) is 0 Å². The first-order valence-corrected chi connectivity index (χ1v) is 6.41. The maximum atomic E-state index is 10.2. The van der Waals surface area contributed by atoms with Crippen LogP contribution in [0.5, 0.6) is 0 Å². The summed E-state index contributed by atoms with van der Waals surface area (Å²) in [7, 11) is 0. The third-order valence-corrected chi connectivity index (χ3v) is 3.04. The van der Waals surface area contributed by atoms with E-state index in [1.165, 1.54) is 16.7 Å². The summed E-state index contributed by atoms with van der Waals surface area (Å²) in [6.45, 7) is 11.3. The molecule has 2 N–H and O–H groups in total. The Bertz CT molecular complexity index is 348. The van der Waals surface area contributed by atoms with Gasteiger partial charge in [0.1, 0.15) is 0 Å². The molecule has 0 heterocycles. The van der Waals surface area contributed by atoms with Crippen molar-refractivity contribution in [2.75, 3.05) is 6.54 Å². The van der Waals surface area contributed by atoms with Crippen molar-refractivity contribution in [1.82, 2.24) is 5.32 Å². The van der Waals surface area contributed by atoms with E-state index in [1.54, 1.807) is 0 Å². The molecule has 2 nitrogen and oxygen atoms in total. The van der Waals surface area contributed by atoms with Gasteiger partial charge in [0, 0.05) is 6.04 Å². The molecule has 0 aliphatic rings. The fourth-order valence-electron chi connectivity index (χ4n) is 2.37. The summed E-state index contributed by atoms with van der Waals surface area (Å²) in [5, 5.41) is 13.6. The number of hydrogen-bond donors (Lipinski definition) is 2. The lowest BCUT2D eigenvalue weighted by Crippen LogP contribution is -2.25. The van der Waals surface area contributed by atoms with Gasteiger partial charge in [-0.05, 0) is 50.4 Å². The standard InChI is InChI=1S/C15H25NO/c1-10(2)16-7-6-14(17)15-12(4)8-11(3)9-13(15)5/h8-10,14,16-17H,6-7H2,1-5H3. The maximum Gasteiger partial charge on any atom is 0.0807 e. The van der Waals surface area contributed by atoms with E-state index in [0.717, 1.165) is 18.5 Å². The largest absolute Gasteiger partial charge is 0.388 e. The molecule has 0 radical (unpaired) electrons. The van der Waals surface area contributed by atoms with Gasteiger partial charge in [-0.1, -0.05) is 31.5 Å². The lowest BCUT2D eigenvalue weighted by molar-refractivity contribution is 0.164. The molecule has 0 amide bonds. The molecule has 0 aliphatic carbocycles. The second kappa shape index (κ2) is 6.18. The first-order valence-electron chi connectivity index (χ1n) is 6.41. The summed E-state index contributed by atoms with van der Waals surface area (Å²) < 4.78 is 0. The predicted octanol–water partition coefficient (Wildman–Crippen LogP) is 3.03. The molecule has 2 heteroatoms. The van der Waals surface area contributed by atoms with Crippen LogP contribution in [-0.2, 0) is 0 Å². The van der Waals surface area contributed by atoms with Gasteiger partial charge in [0.15, 0.2) is 0 Å². The van der Waals surface area contributed by atoms with Gasteiger partial charge in [-0.2, -0.15) is 0 Å². The lowest BCUT2D eigenvalue weighted by atomic mass is 9.94. The quantitative estimate of drug-likeness (QED) is 0.822. The highest BCUT2D eigenvalue weighted by atomic mass is 16.3. The number of hydrogen-bond acceptors (Lipinski definition) is 2. The molecule has 0 bridgehead atoms. The molecule has 0 saturated carbocycles. The van der Waals surface area contributed by atoms with Crippen molar-refractivity contribution in [1.29, 1.82) is 0 Å². The Balaban J connectivity index is 2.72. The maximum absolute atomic E-state index is 10.2. The van der Waals surface area contributed by atoms with Crippen LogP contribution >= 0.6 is 0 Å². The third-order valence-electron chi connectivity index (χ3n) is 3.04. The monoisotopic (exact) mass is 235 g/mol. The molecule has 1 aromatic carbocycles. The van der Waals surface area contributed by atoms with Gasteiger partial charge in [-0.3, -0.25) is 0 Å². The molecule has 96 valence electrons. The zero-order valence-corrected chi connectivity index (χ0v) is 11.7. The summed E-state index contributed by atoms with van der Waals surface area (Å²) in [6.07, 6.45) is 0.407. The Morgan fingerprint density at radius 1 is 1.12 bits per heavy atom. The van der Waals surface area contributed by atoms with Gasteiger partial charge in [0.2, 0.25) is 0 Å². The molecule has 1 unspecified atom stereocenters. The van der Waals surface area contributed by atoms with Crippen molar-refractivity contribution >= 4 is 0 Å². The Hall–Kier alpha value is -0.860. The van der Waals surface area contributed by atoms with Gasteiger partial charge in [0.05, 0.1) is 6.10 Å². The molecule has 0 aromatic heterocycles. The first kappa shape index (κ1) is 14.2. The van der Waals surface area contributed by atoms with Crippen molar-refractivity contribution in [2.45, 2.75) is 53.2 Å². The number of aliphatic hydroxyl groups excluding tert-OH is 1. The number of benzene rings is 1. The van der Waals surface area contributed by atoms with E-state index in [-0.39, 0.29) is 6.10 Å². The minimum Gasteiger partial charge on any atom is -0.388 e. The molecule has 1 rings (SSSR count). The second-order valence-corrected chi connectivity index (χ2v) is 5.23. The summed E-state index contributed by atoms with van der Waals surface area (Å²) in [6, 6.07) is 4.76. The zero-order valence-electron chi connectivity index (χ0n) is 11.7. The van der Waals surface area contributed by atoms with E-state index in [0.29, 0.717) is 6.04 Å². The summed E-state index contributed by atoms with van der Waals surface area (Å²) in [5.41, 5.74) is 4.75. The number of aryl methyl sites for hydroxylation is 3. The van der Waals surface area contributed by atoms with E-state index >= 15 is 0 Å². The average Bonchev–Trinajstić information content (AvgIpc) is 2.14. The van der Waals surface area contributed by atoms with Gasteiger partial charge < -0.3 is 10.4 Å². The van der Waals surface area contributed by atoms with Crippen molar-refractivity contribution < 1.29 is 5.11 Å². The average molecular weight is 235 g/mol. The molecule has 1 atom stereocenters. The van der Waals surface area contributed by atoms with Crippen LogP contribution in [-0.4, -0.2) is 17.7 Å². The molecular weight excluding hydrogens is 210 g/mol. The van der Waals surface area contributed by atoms with Crippen molar-refractivity contribution in [2.24, 2.45) is 0 Å². The number of nitrogens with one attached hydrogen (secondary N) is 1. The Labute approximate surface area is 105 Å². The second-order valence-electron chi connectivity index (χ2n) is 5.23. The fourth-order valence-corrected chi connectivity index (χ4v) is 2.37. The van der Waals surface area contributed by atoms with Gasteiger partial charge in [-0.15, -0.1) is 0 Å². The molecule has 0 fully saturated rings. The molecule has 1 aromatic rings. The van der Waals surface area contributed by atoms with E-state index in [9.17, 15) is 5.11 Å². The number of aliphatic hydroxyl groups is 1. The Morgan fingerprint density at radius 2 is 1.65 bits per heavy atom. The normalized spacial score (nSPS) is 13.1. The van der Waals surface area contributed by atoms with Crippen LogP contribution in [0.1, 0.15) is 48.6 Å². The van der Waals surface area contributed by atoms with Crippen LogP contribution in [0.2, 0.25) is 0 Å². The SMILES string of the molecule is Cc1cc(C)c(C(O)CCNC(C)C)c(C)c1. The fraction of sp³-hybridized carbons (Fsp3) is 0.600. The highest BCUT2D eigenvalue weighted by molar-refractivity contribution is 5.38. The van der Waals surface area contributed by atoms with E-state index in [2.05, 4.69) is 52.1 Å². The minimum absolute atomic E-state index is 0.359. The van der Waals surface area contributed by atoms with E-state index in [1.807, 2.05) is 0 Å².